The van der Waals surface area contributed by atoms with E-state index >= 15 is 0 Å². The average molecular weight is 360 g/mol. The molecule has 0 saturated carbocycles. The van der Waals surface area contributed by atoms with Gasteiger partial charge in [-0.2, -0.15) is 0 Å². The second-order valence-corrected chi connectivity index (χ2v) is 7.09. The first kappa shape index (κ1) is 17.8. The van der Waals surface area contributed by atoms with Crippen LogP contribution in [0, 0.1) is 10.1 Å². The summed E-state index contributed by atoms with van der Waals surface area (Å²) in [4.78, 5) is 32.5. The number of hydrogen-bond donors (Lipinski definition) is 0. The molecule has 1 atom stereocenters. The monoisotopic (exact) mass is 360 g/mol. The van der Waals surface area contributed by atoms with Crippen molar-refractivity contribution >= 4 is 22.8 Å². The fraction of sp³-hybridized carbons (Fsp3) is 0.471. The van der Waals surface area contributed by atoms with Gasteiger partial charge in [0, 0.05) is 25.1 Å². The summed E-state index contributed by atoms with van der Waals surface area (Å²) in [5, 5.41) is 10.8. The molecule has 1 amide bonds. The first-order valence-electron chi connectivity index (χ1n) is 8.27. The Balaban J connectivity index is 1.65. The molecule has 138 valence electrons. The fourth-order valence-corrected chi connectivity index (χ4v) is 2.64. The van der Waals surface area contributed by atoms with Crippen LogP contribution in [0.1, 0.15) is 27.2 Å². The third kappa shape index (κ3) is 4.16. The summed E-state index contributed by atoms with van der Waals surface area (Å²) < 4.78 is 11.2. The van der Waals surface area contributed by atoms with E-state index in [1.54, 1.807) is 4.90 Å². The molecule has 0 aliphatic carbocycles. The normalized spacial score (nSPS) is 17.3. The van der Waals surface area contributed by atoms with E-state index in [1.165, 1.54) is 24.4 Å². The highest BCUT2D eigenvalue weighted by Crippen LogP contribution is 2.22. The number of ether oxygens (including phenoxy) is 2. The maximum absolute atomic E-state index is 12.1. The summed E-state index contributed by atoms with van der Waals surface area (Å²) in [5.41, 5.74) is 0.357. The summed E-state index contributed by atoms with van der Waals surface area (Å²) in [6.45, 7) is 6.43. The summed E-state index contributed by atoms with van der Waals surface area (Å²) in [6.07, 6.45) is 1.54. The molecule has 1 saturated heterocycles. The molecule has 9 nitrogen and oxygen atoms in total. The summed E-state index contributed by atoms with van der Waals surface area (Å²) in [6, 6.07) is 4.28. The van der Waals surface area contributed by atoms with Gasteiger partial charge in [-0.3, -0.25) is 10.1 Å². The molecule has 1 aliphatic rings. The molecular formula is C17H20N4O5. The van der Waals surface area contributed by atoms with Gasteiger partial charge in [0.25, 0.3) is 5.69 Å². The van der Waals surface area contributed by atoms with E-state index in [1.807, 2.05) is 20.8 Å². The number of rotatable bonds is 3. The van der Waals surface area contributed by atoms with Gasteiger partial charge in [0.05, 0.1) is 28.7 Å². The van der Waals surface area contributed by atoms with E-state index in [-0.39, 0.29) is 17.9 Å². The molecular weight excluding hydrogens is 340 g/mol. The Kier molecular flexibility index (Phi) is 4.62. The maximum atomic E-state index is 12.1. The Hall–Kier alpha value is -2.97. The molecule has 26 heavy (non-hydrogen) atoms. The minimum atomic E-state index is -0.539. The Bertz CT molecular complexity index is 849. The van der Waals surface area contributed by atoms with Crippen LogP contribution in [0.2, 0.25) is 0 Å². The van der Waals surface area contributed by atoms with Crippen molar-refractivity contribution in [1.29, 1.82) is 0 Å². The molecule has 0 spiro atoms. The Labute approximate surface area is 150 Å². The van der Waals surface area contributed by atoms with Crippen molar-refractivity contribution in [2.75, 3.05) is 13.1 Å². The number of amides is 1. The number of benzene rings is 1. The van der Waals surface area contributed by atoms with Crippen molar-refractivity contribution in [3.05, 3.63) is 34.5 Å². The second kappa shape index (κ2) is 6.74. The number of non-ortho nitro benzene ring substituents is 1. The van der Waals surface area contributed by atoms with Crippen molar-refractivity contribution in [3.8, 4) is 5.88 Å². The topological polar surface area (TPSA) is 108 Å². The molecule has 0 bridgehead atoms. The van der Waals surface area contributed by atoms with Gasteiger partial charge < -0.3 is 14.4 Å². The van der Waals surface area contributed by atoms with Gasteiger partial charge in [-0.05, 0) is 26.8 Å². The van der Waals surface area contributed by atoms with E-state index in [0.717, 1.165) is 0 Å². The van der Waals surface area contributed by atoms with Crippen LogP contribution < -0.4 is 4.74 Å². The number of carbonyl (C=O) groups excluding carboxylic acids is 1. The van der Waals surface area contributed by atoms with Gasteiger partial charge in [-0.15, -0.1) is 0 Å². The molecule has 1 aromatic carbocycles. The highest BCUT2D eigenvalue weighted by Gasteiger charge is 2.31. The van der Waals surface area contributed by atoms with Gasteiger partial charge in [0.2, 0.25) is 5.88 Å². The standard InChI is InChI=1S/C17H20N4O5/c1-17(2,3)26-16(22)20-7-6-12(10-20)25-15-9-18-14-8-11(21(23)24)4-5-13(14)19-15/h4-5,8-9,12H,6-7,10H2,1-3H3. The third-order valence-corrected chi connectivity index (χ3v) is 3.80. The van der Waals surface area contributed by atoms with Crippen LogP contribution in [0.15, 0.2) is 24.4 Å². The predicted molar refractivity (Wildman–Crippen MR) is 93.0 cm³/mol. The zero-order valence-corrected chi connectivity index (χ0v) is 14.8. The number of hydrogen-bond acceptors (Lipinski definition) is 7. The molecule has 9 heteroatoms. The van der Waals surface area contributed by atoms with Crippen molar-refractivity contribution in [2.24, 2.45) is 0 Å². The van der Waals surface area contributed by atoms with Crippen molar-refractivity contribution < 1.29 is 19.2 Å². The summed E-state index contributed by atoms with van der Waals surface area (Å²) in [5.74, 6) is 0.322. The zero-order valence-electron chi connectivity index (χ0n) is 14.8. The molecule has 0 radical (unpaired) electrons. The van der Waals surface area contributed by atoms with E-state index in [9.17, 15) is 14.9 Å². The van der Waals surface area contributed by atoms with Gasteiger partial charge in [0.1, 0.15) is 11.7 Å². The number of likely N-dealkylation sites (tertiary alicyclic amines) is 1. The fourth-order valence-electron chi connectivity index (χ4n) is 2.64. The third-order valence-electron chi connectivity index (χ3n) is 3.80. The minimum absolute atomic E-state index is 0.0377. The Morgan fingerprint density at radius 2 is 2.12 bits per heavy atom. The molecule has 0 N–H and O–H groups in total. The largest absolute Gasteiger partial charge is 0.471 e. The first-order chi connectivity index (χ1) is 12.2. The SMILES string of the molecule is CC(C)(C)OC(=O)N1CCC(Oc2cnc3cc([N+](=O)[O-])ccc3n2)C1. The van der Waals surface area contributed by atoms with E-state index in [2.05, 4.69) is 9.97 Å². The molecule has 3 rings (SSSR count). The van der Waals surface area contributed by atoms with Crippen LogP contribution in [0.5, 0.6) is 5.88 Å². The smallest absolute Gasteiger partial charge is 0.410 e. The van der Waals surface area contributed by atoms with Crippen LogP contribution in [0.25, 0.3) is 11.0 Å². The lowest BCUT2D eigenvalue weighted by Gasteiger charge is -2.24. The van der Waals surface area contributed by atoms with Crippen molar-refractivity contribution in [2.45, 2.75) is 38.9 Å². The van der Waals surface area contributed by atoms with Crippen LogP contribution in [0.3, 0.4) is 0 Å². The number of fused-ring (bicyclic) bond motifs is 1. The van der Waals surface area contributed by atoms with E-state index in [0.29, 0.717) is 36.4 Å². The predicted octanol–water partition coefficient (Wildman–Crippen LogP) is 2.93. The molecule has 1 unspecified atom stereocenters. The van der Waals surface area contributed by atoms with Crippen LogP contribution in [-0.4, -0.2) is 50.7 Å². The number of carbonyl (C=O) groups is 1. The Morgan fingerprint density at radius 1 is 1.35 bits per heavy atom. The van der Waals surface area contributed by atoms with Gasteiger partial charge in [0.15, 0.2) is 0 Å². The molecule has 2 heterocycles. The summed E-state index contributed by atoms with van der Waals surface area (Å²) in [7, 11) is 0. The highest BCUT2D eigenvalue weighted by atomic mass is 16.6. The second-order valence-electron chi connectivity index (χ2n) is 7.09. The zero-order chi connectivity index (χ0) is 18.9. The molecule has 1 aromatic heterocycles. The highest BCUT2D eigenvalue weighted by molar-refractivity contribution is 5.77. The minimum Gasteiger partial charge on any atom is -0.471 e. The average Bonchev–Trinajstić information content (AvgIpc) is 3.01. The maximum Gasteiger partial charge on any atom is 0.410 e. The number of nitro groups is 1. The van der Waals surface area contributed by atoms with Crippen LogP contribution in [-0.2, 0) is 4.74 Å². The lowest BCUT2D eigenvalue weighted by atomic mass is 10.2. The number of nitro benzene ring substituents is 1. The summed E-state index contributed by atoms with van der Waals surface area (Å²) >= 11 is 0. The van der Waals surface area contributed by atoms with Crippen LogP contribution in [0.4, 0.5) is 10.5 Å². The van der Waals surface area contributed by atoms with Crippen molar-refractivity contribution in [1.82, 2.24) is 14.9 Å². The molecule has 1 aliphatic heterocycles. The number of nitrogens with zero attached hydrogens (tertiary/aromatic N) is 4. The van der Waals surface area contributed by atoms with E-state index < -0.39 is 10.5 Å². The Morgan fingerprint density at radius 3 is 2.81 bits per heavy atom. The lowest BCUT2D eigenvalue weighted by molar-refractivity contribution is -0.384. The van der Waals surface area contributed by atoms with Crippen molar-refractivity contribution in [3.63, 3.8) is 0 Å². The quantitative estimate of drug-likeness (QED) is 0.611. The van der Waals surface area contributed by atoms with E-state index in [4.69, 9.17) is 9.47 Å². The molecule has 2 aromatic rings. The van der Waals surface area contributed by atoms with Gasteiger partial charge >= 0.3 is 6.09 Å². The lowest BCUT2D eigenvalue weighted by Crippen LogP contribution is -2.36. The molecule has 1 fully saturated rings. The van der Waals surface area contributed by atoms with Gasteiger partial charge in [-0.1, -0.05) is 0 Å². The number of aromatic nitrogens is 2. The first-order valence-corrected chi connectivity index (χ1v) is 8.27. The van der Waals surface area contributed by atoms with Crippen LogP contribution >= 0.6 is 0 Å². The van der Waals surface area contributed by atoms with Gasteiger partial charge in [-0.25, -0.2) is 14.8 Å².